The SMILES string of the molecule is CCCCCC/C(=C\CC(CC)c1ccccc1)C(=O)O. The third-order valence-electron chi connectivity index (χ3n) is 3.99. The fourth-order valence-corrected chi connectivity index (χ4v) is 2.59. The number of rotatable bonds is 10. The second kappa shape index (κ2) is 10.2. The first-order valence-electron chi connectivity index (χ1n) is 8.16. The quantitative estimate of drug-likeness (QED) is 0.452. The first-order valence-corrected chi connectivity index (χ1v) is 8.16. The Morgan fingerprint density at radius 1 is 1.14 bits per heavy atom. The maximum Gasteiger partial charge on any atom is 0.331 e. The molecule has 0 heterocycles. The lowest BCUT2D eigenvalue weighted by molar-refractivity contribution is -0.132. The summed E-state index contributed by atoms with van der Waals surface area (Å²) < 4.78 is 0. The first-order chi connectivity index (χ1) is 10.2. The van der Waals surface area contributed by atoms with Crippen molar-refractivity contribution in [2.24, 2.45) is 0 Å². The van der Waals surface area contributed by atoms with E-state index in [-0.39, 0.29) is 0 Å². The number of aliphatic carboxylic acids is 1. The number of benzene rings is 1. The van der Waals surface area contributed by atoms with Crippen LogP contribution in [0.3, 0.4) is 0 Å². The highest BCUT2D eigenvalue weighted by atomic mass is 16.4. The van der Waals surface area contributed by atoms with Crippen molar-refractivity contribution in [1.82, 2.24) is 0 Å². The summed E-state index contributed by atoms with van der Waals surface area (Å²) in [5.74, 6) is -0.342. The zero-order valence-corrected chi connectivity index (χ0v) is 13.3. The lowest BCUT2D eigenvalue weighted by atomic mass is 9.92. The van der Waals surface area contributed by atoms with Crippen molar-refractivity contribution in [3.8, 4) is 0 Å². The van der Waals surface area contributed by atoms with Crippen molar-refractivity contribution in [3.63, 3.8) is 0 Å². The molecule has 1 rings (SSSR count). The maximum atomic E-state index is 11.3. The normalized spacial score (nSPS) is 13.1. The van der Waals surface area contributed by atoms with E-state index in [9.17, 15) is 9.90 Å². The minimum absolute atomic E-state index is 0.413. The fourth-order valence-electron chi connectivity index (χ4n) is 2.59. The third kappa shape index (κ3) is 6.61. The van der Waals surface area contributed by atoms with Gasteiger partial charge in [-0.05, 0) is 37.2 Å². The molecule has 0 aliphatic carbocycles. The molecule has 2 heteroatoms. The van der Waals surface area contributed by atoms with Crippen LogP contribution in [-0.4, -0.2) is 11.1 Å². The zero-order chi connectivity index (χ0) is 15.5. The van der Waals surface area contributed by atoms with E-state index in [4.69, 9.17) is 0 Å². The molecule has 0 aromatic heterocycles. The molecule has 2 nitrogen and oxygen atoms in total. The van der Waals surface area contributed by atoms with Gasteiger partial charge in [0.15, 0.2) is 0 Å². The van der Waals surface area contributed by atoms with Gasteiger partial charge in [0, 0.05) is 5.57 Å². The van der Waals surface area contributed by atoms with Crippen molar-refractivity contribution in [2.75, 3.05) is 0 Å². The van der Waals surface area contributed by atoms with Crippen LogP contribution < -0.4 is 0 Å². The smallest absolute Gasteiger partial charge is 0.331 e. The Morgan fingerprint density at radius 2 is 1.86 bits per heavy atom. The number of carboxylic acids is 1. The van der Waals surface area contributed by atoms with Crippen LogP contribution in [0.25, 0.3) is 0 Å². The predicted octanol–water partition coefficient (Wildman–Crippen LogP) is 5.55. The Kier molecular flexibility index (Phi) is 8.49. The Hall–Kier alpha value is -1.57. The average molecular weight is 288 g/mol. The van der Waals surface area contributed by atoms with Crippen molar-refractivity contribution >= 4 is 5.97 Å². The summed E-state index contributed by atoms with van der Waals surface area (Å²) in [5, 5.41) is 9.32. The number of hydrogen-bond acceptors (Lipinski definition) is 1. The van der Waals surface area contributed by atoms with Crippen molar-refractivity contribution < 1.29 is 9.90 Å². The molecule has 21 heavy (non-hydrogen) atoms. The minimum Gasteiger partial charge on any atom is -0.478 e. The molecule has 0 bridgehead atoms. The molecule has 0 aliphatic rings. The van der Waals surface area contributed by atoms with E-state index >= 15 is 0 Å². The molecule has 0 radical (unpaired) electrons. The lowest BCUT2D eigenvalue weighted by Crippen LogP contribution is -2.03. The van der Waals surface area contributed by atoms with Gasteiger partial charge < -0.3 is 5.11 Å². The Bertz CT molecular complexity index is 434. The van der Waals surface area contributed by atoms with Gasteiger partial charge in [0.25, 0.3) is 0 Å². The molecule has 0 spiro atoms. The number of hydrogen-bond donors (Lipinski definition) is 1. The van der Waals surface area contributed by atoms with Gasteiger partial charge in [-0.2, -0.15) is 0 Å². The molecule has 0 saturated heterocycles. The largest absolute Gasteiger partial charge is 0.478 e. The van der Waals surface area contributed by atoms with E-state index in [0.29, 0.717) is 17.9 Å². The van der Waals surface area contributed by atoms with Crippen LogP contribution in [0.5, 0.6) is 0 Å². The van der Waals surface area contributed by atoms with Crippen LogP contribution in [0.15, 0.2) is 42.0 Å². The molecule has 1 atom stereocenters. The average Bonchev–Trinajstić information content (AvgIpc) is 2.50. The van der Waals surface area contributed by atoms with Crippen molar-refractivity contribution in [3.05, 3.63) is 47.5 Å². The predicted molar refractivity (Wildman–Crippen MR) is 88.6 cm³/mol. The van der Waals surface area contributed by atoms with Crippen molar-refractivity contribution in [1.29, 1.82) is 0 Å². The highest BCUT2D eigenvalue weighted by molar-refractivity contribution is 5.86. The summed E-state index contributed by atoms with van der Waals surface area (Å²) in [7, 11) is 0. The summed E-state index contributed by atoms with van der Waals surface area (Å²) in [4.78, 5) is 11.3. The minimum atomic E-state index is -0.755. The lowest BCUT2D eigenvalue weighted by Gasteiger charge is -2.13. The fraction of sp³-hybridized carbons (Fsp3) is 0.526. The van der Waals surface area contributed by atoms with Gasteiger partial charge >= 0.3 is 5.97 Å². The van der Waals surface area contributed by atoms with E-state index in [1.165, 1.54) is 18.4 Å². The molecule has 1 N–H and O–H groups in total. The third-order valence-corrected chi connectivity index (χ3v) is 3.99. The number of carbonyl (C=O) groups is 1. The molecule has 0 fully saturated rings. The molecule has 0 aliphatic heterocycles. The summed E-state index contributed by atoms with van der Waals surface area (Å²) in [5.41, 5.74) is 1.88. The zero-order valence-electron chi connectivity index (χ0n) is 13.3. The molecule has 116 valence electrons. The van der Waals surface area contributed by atoms with Gasteiger partial charge in [-0.25, -0.2) is 4.79 Å². The van der Waals surface area contributed by atoms with Crippen LogP contribution >= 0.6 is 0 Å². The molecule has 1 aromatic carbocycles. The van der Waals surface area contributed by atoms with Gasteiger partial charge in [0.2, 0.25) is 0 Å². The monoisotopic (exact) mass is 288 g/mol. The van der Waals surface area contributed by atoms with Crippen LogP contribution in [-0.2, 0) is 4.79 Å². The summed E-state index contributed by atoms with van der Waals surface area (Å²) in [6, 6.07) is 10.4. The van der Waals surface area contributed by atoms with Gasteiger partial charge in [-0.3, -0.25) is 0 Å². The highest BCUT2D eigenvalue weighted by Crippen LogP contribution is 2.24. The maximum absolute atomic E-state index is 11.3. The molecule has 0 amide bonds. The molecule has 0 saturated carbocycles. The van der Waals surface area contributed by atoms with Crippen LogP contribution in [0.4, 0.5) is 0 Å². The number of allylic oxidation sites excluding steroid dienone is 1. The highest BCUT2D eigenvalue weighted by Gasteiger charge is 2.11. The van der Waals surface area contributed by atoms with E-state index in [1.54, 1.807) is 0 Å². The van der Waals surface area contributed by atoms with Crippen LogP contribution in [0, 0.1) is 0 Å². The van der Waals surface area contributed by atoms with Gasteiger partial charge in [-0.1, -0.05) is 69.5 Å². The standard InChI is InChI=1S/C19H28O2/c1-3-5-6-8-13-18(19(20)21)15-14-16(4-2)17-11-9-7-10-12-17/h7,9-12,15-16H,3-6,8,13-14H2,1-2H3,(H,20,21)/b18-15+. The molecule has 1 unspecified atom stereocenters. The molecular weight excluding hydrogens is 260 g/mol. The van der Waals surface area contributed by atoms with E-state index in [2.05, 4.69) is 26.0 Å². The van der Waals surface area contributed by atoms with Gasteiger partial charge in [-0.15, -0.1) is 0 Å². The molecular formula is C19H28O2. The number of carboxylic acid groups (broad SMARTS) is 1. The topological polar surface area (TPSA) is 37.3 Å². The summed E-state index contributed by atoms with van der Waals surface area (Å²) >= 11 is 0. The Morgan fingerprint density at radius 3 is 2.43 bits per heavy atom. The first kappa shape index (κ1) is 17.5. The van der Waals surface area contributed by atoms with Gasteiger partial charge in [0.05, 0.1) is 0 Å². The summed E-state index contributed by atoms with van der Waals surface area (Å²) in [6.07, 6.45) is 8.95. The van der Waals surface area contributed by atoms with E-state index in [0.717, 1.165) is 25.7 Å². The Balaban J connectivity index is 2.61. The van der Waals surface area contributed by atoms with E-state index in [1.807, 2.05) is 24.3 Å². The van der Waals surface area contributed by atoms with Crippen LogP contribution in [0.2, 0.25) is 0 Å². The Labute approximate surface area is 128 Å². The van der Waals surface area contributed by atoms with E-state index < -0.39 is 5.97 Å². The van der Waals surface area contributed by atoms with Gasteiger partial charge in [0.1, 0.15) is 0 Å². The number of unbranched alkanes of at least 4 members (excludes halogenated alkanes) is 3. The second-order valence-electron chi connectivity index (χ2n) is 5.60. The summed E-state index contributed by atoms with van der Waals surface area (Å²) in [6.45, 7) is 4.33. The molecule has 1 aromatic rings. The van der Waals surface area contributed by atoms with Crippen LogP contribution in [0.1, 0.15) is 70.3 Å². The van der Waals surface area contributed by atoms with Crippen molar-refractivity contribution in [2.45, 2.75) is 64.7 Å². The second-order valence-corrected chi connectivity index (χ2v) is 5.60.